The molecule has 19 heavy (non-hydrogen) atoms. The highest BCUT2D eigenvalue weighted by Crippen LogP contribution is 2.31. The van der Waals surface area contributed by atoms with Crippen LogP contribution in [0.4, 0.5) is 0 Å². The van der Waals surface area contributed by atoms with Crippen LogP contribution in [0.3, 0.4) is 0 Å². The molecular weight excluding hydrogens is 287 g/mol. The zero-order chi connectivity index (χ0) is 13.8. The first-order valence-corrected chi connectivity index (χ1v) is 7.16. The van der Waals surface area contributed by atoms with E-state index in [1.165, 1.54) is 12.8 Å². The van der Waals surface area contributed by atoms with E-state index in [0.29, 0.717) is 28.1 Å². The van der Waals surface area contributed by atoms with Crippen molar-refractivity contribution in [3.8, 4) is 5.75 Å². The summed E-state index contributed by atoms with van der Waals surface area (Å²) in [5.41, 5.74) is 0. The topological polar surface area (TPSA) is 46.5 Å². The Morgan fingerprint density at radius 2 is 2.00 bits per heavy atom. The van der Waals surface area contributed by atoms with Crippen LogP contribution in [0.1, 0.15) is 32.1 Å². The van der Waals surface area contributed by atoms with Crippen molar-refractivity contribution in [3.63, 3.8) is 0 Å². The Balaban J connectivity index is 2.02. The monoisotopic (exact) mass is 302 g/mol. The highest BCUT2D eigenvalue weighted by molar-refractivity contribution is 6.42. The quantitative estimate of drug-likeness (QED) is 0.876. The minimum Gasteiger partial charge on any atom is -0.479 e. The van der Waals surface area contributed by atoms with E-state index < -0.39 is 12.1 Å². The molecule has 1 aliphatic rings. The lowest BCUT2D eigenvalue weighted by atomic mass is 10.00. The maximum absolute atomic E-state index is 11.3. The summed E-state index contributed by atoms with van der Waals surface area (Å²) in [7, 11) is 0. The van der Waals surface area contributed by atoms with Crippen molar-refractivity contribution < 1.29 is 14.6 Å². The Morgan fingerprint density at radius 3 is 2.58 bits per heavy atom. The highest BCUT2D eigenvalue weighted by atomic mass is 35.5. The average molecular weight is 303 g/mol. The van der Waals surface area contributed by atoms with Gasteiger partial charge in [-0.05, 0) is 24.5 Å². The molecule has 1 aromatic carbocycles. The van der Waals surface area contributed by atoms with Crippen LogP contribution in [0.15, 0.2) is 18.2 Å². The second kappa shape index (κ2) is 6.49. The van der Waals surface area contributed by atoms with Gasteiger partial charge in [0.1, 0.15) is 5.75 Å². The minimum absolute atomic E-state index is 0.365. The molecule has 1 atom stereocenters. The molecule has 0 spiro atoms. The number of hydrogen-bond acceptors (Lipinski definition) is 2. The molecule has 0 amide bonds. The van der Waals surface area contributed by atoms with E-state index in [1.54, 1.807) is 18.2 Å². The summed E-state index contributed by atoms with van der Waals surface area (Å²) in [4.78, 5) is 11.3. The number of rotatable bonds is 5. The number of aliphatic carboxylic acids is 1. The molecule has 1 fully saturated rings. The number of carboxylic acids is 1. The Morgan fingerprint density at radius 1 is 1.32 bits per heavy atom. The van der Waals surface area contributed by atoms with Crippen molar-refractivity contribution in [3.05, 3.63) is 28.2 Å². The van der Waals surface area contributed by atoms with Crippen LogP contribution in [0.5, 0.6) is 5.75 Å². The maximum Gasteiger partial charge on any atom is 0.344 e. The molecule has 0 bridgehead atoms. The number of carbonyl (C=O) groups is 1. The minimum atomic E-state index is -0.932. The van der Waals surface area contributed by atoms with Crippen LogP contribution in [-0.2, 0) is 4.79 Å². The first-order valence-electron chi connectivity index (χ1n) is 6.41. The third kappa shape index (κ3) is 4.02. The number of benzene rings is 1. The van der Waals surface area contributed by atoms with Gasteiger partial charge in [-0.1, -0.05) is 48.9 Å². The highest BCUT2D eigenvalue weighted by Gasteiger charge is 2.26. The summed E-state index contributed by atoms with van der Waals surface area (Å²) in [6, 6.07) is 4.79. The lowest BCUT2D eigenvalue weighted by Gasteiger charge is -2.18. The molecule has 0 radical (unpaired) electrons. The summed E-state index contributed by atoms with van der Waals surface area (Å²) in [6.07, 6.45) is 4.28. The van der Waals surface area contributed by atoms with E-state index in [0.717, 1.165) is 12.8 Å². The van der Waals surface area contributed by atoms with Gasteiger partial charge >= 0.3 is 5.97 Å². The fourth-order valence-electron chi connectivity index (χ4n) is 2.46. The van der Waals surface area contributed by atoms with Crippen LogP contribution in [0, 0.1) is 5.92 Å². The molecule has 0 unspecified atom stereocenters. The predicted octanol–water partition coefficient (Wildman–Crippen LogP) is 4.41. The Kier molecular flexibility index (Phi) is 4.94. The van der Waals surface area contributed by atoms with Crippen molar-refractivity contribution in [1.82, 2.24) is 0 Å². The van der Waals surface area contributed by atoms with Gasteiger partial charge in [0.25, 0.3) is 0 Å². The van der Waals surface area contributed by atoms with E-state index >= 15 is 0 Å². The van der Waals surface area contributed by atoms with Gasteiger partial charge in [-0.3, -0.25) is 0 Å². The summed E-state index contributed by atoms with van der Waals surface area (Å²) in [5.74, 6) is -0.0401. The smallest absolute Gasteiger partial charge is 0.344 e. The van der Waals surface area contributed by atoms with E-state index in [1.807, 2.05) is 0 Å². The van der Waals surface area contributed by atoms with Gasteiger partial charge in [-0.15, -0.1) is 0 Å². The van der Waals surface area contributed by atoms with Gasteiger partial charge in [0.05, 0.1) is 10.0 Å². The van der Waals surface area contributed by atoms with Gasteiger partial charge in [0.15, 0.2) is 6.10 Å². The molecule has 3 nitrogen and oxygen atoms in total. The number of hydrogen-bond donors (Lipinski definition) is 1. The van der Waals surface area contributed by atoms with Gasteiger partial charge in [-0.25, -0.2) is 4.79 Å². The van der Waals surface area contributed by atoms with Gasteiger partial charge in [0.2, 0.25) is 0 Å². The van der Waals surface area contributed by atoms with Gasteiger partial charge in [-0.2, -0.15) is 0 Å². The van der Waals surface area contributed by atoms with Crippen molar-refractivity contribution in [1.29, 1.82) is 0 Å². The van der Waals surface area contributed by atoms with Crippen molar-refractivity contribution in [2.24, 2.45) is 5.92 Å². The van der Waals surface area contributed by atoms with Gasteiger partial charge < -0.3 is 9.84 Å². The molecule has 2 rings (SSSR count). The molecule has 1 N–H and O–H groups in total. The fraction of sp³-hybridized carbons (Fsp3) is 0.500. The molecule has 0 aliphatic heterocycles. The van der Waals surface area contributed by atoms with Gasteiger partial charge in [0, 0.05) is 6.07 Å². The molecule has 0 heterocycles. The fourth-order valence-corrected chi connectivity index (χ4v) is 2.75. The van der Waals surface area contributed by atoms with Crippen LogP contribution in [-0.4, -0.2) is 17.2 Å². The van der Waals surface area contributed by atoms with Crippen LogP contribution >= 0.6 is 23.2 Å². The Bertz CT molecular complexity index is 456. The summed E-state index contributed by atoms with van der Waals surface area (Å²) in [5, 5.41) is 10.0. The first kappa shape index (κ1) is 14.5. The molecule has 5 heteroatoms. The molecular formula is C14H16Cl2O3. The standard InChI is InChI=1S/C14H16Cl2O3/c15-11-6-5-10(8-12(11)16)19-13(14(17)18)7-9-3-1-2-4-9/h5-6,8-9,13H,1-4,7H2,(H,17,18)/t13-/m0/s1. The molecule has 0 saturated heterocycles. The normalized spacial score (nSPS) is 17.4. The largest absolute Gasteiger partial charge is 0.479 e. The molecule has 0 aromatic heterocycles. The van der Waals surface area contributed by atoms with E-state index in [2.05, 4.69) is 0 Å². The second-order valence-corrected chi connectivity index (χ2v) is 5.72. The lowest BCUT2D eigenvalue weighted by molar-refractivity contribution is -0.145. The summed E-state index contributed by atoms with van der Waals surface area (Å²) in [6.45, 7) is 0. The third-order valence-electron chi connectivity index (χ3n) is 3.47. The van der Waals surface area contributed by atoms with Crippen LogP contribution < -0.4 is 4.74 Å². The van der Waals surface area contributed by atoms with Crippen molar-refractivity contribution in [2.45, 2.75) is 38.2 Å². The Labute approximate surface area is 122 Å². The van der Waals surface area contributed by atoms with Crippen molar-refractivity contribution in [2.75, 3.05) is 0 Å². The van der Waals surface area contributed by atoms with E-state index in [-0.39, 0.29) is 0 Å². The number of halogens is 2. The number of carboxylic acid groups (broad SMARTS) is 1. The molecule has 1 saturated carbocycles. The number of ether oxygens (including phenoxy) is 1. The lowest BCUT2D eigenvalue weighted by Crippen LogP contribution is -2.29. The SMILES string of the molecule is O=C(O)[C@H](CC1CCCC1)Oc1ccc(Cl)c(Cl)c1. The van der Waals surface area contributed by atoms with Crippen molar-refractivity contribution >= 4 is 29.2 Å². The maximum atomic E-state index is 11.3. The van der Waals surface area contributed by atoms with E-state index in [9.17, 15) is 9.90 Å². The molecule has 1 aliphatic carbocycles. The van der Waals surface area contributed by atoms with Crippen LogP contribution in [0.25, 0.3) is 0 Å². The average Bonchev–Trinajstić information content (AvgIpc) is 2.86. The zero-order valence-electron chi connectivity index (χ0n) is 10.4. The summed E-state index contributed by atoms with van der Waals surface area (Å²) >= 11 is 11.7. The first-order chi connectivity index (χ1) is 9.06. The second-order valence-electron chi connectivity index (χ2n) is 4.91. The molecule has 104 valence electrons. The zero-order valence-corrected chi connectivity index (χ0v) is 12.0. The predicted molar refractivity (Wildman–Crippen MR) is 75.1 cm³/mol. The Hall–Kier alpha value is -0.930. The third-order valence-corrected chi connectivity index (χ3v) is 4.21. The summed E-state index contributed by atoms with van der Waals surface area (Å²) < 4.78 is 5.53. The molecule has 1 aromatic rings. The van der Waals surface area contributed by atoms with E-state index in [4.69, 9.17) is 27.9 Å². The van der Waals surface area contributed by atoms with Crippen LogP contribution in [0.2, 0.25) is 10.0 Å².